The summed E-state index contributed by atoms with van der Waals surface area (Å²) < 4.78 is 6.23. The lowest BCUT2D eigenvalue weighted by atomic mass is 10.1. The first-order chi connectivity index (χ1) is 13.8. The number of allylic oxidation sites excluding steroid dienone is 1. The first-order valence-electron chi connectivity index (χ1n) is 8.94. The van der Waals surface area contributed by atoms with Gasteiger partial charge in [0.25, 0.3) is 5.78 Å². The SMILES string of the molecule is CC(C)=Cc1ccc2c(N)c(C(=O)c3c(=O)o[nH][n+]3-c3ccc(C)cc3)sc2n1. The van der Waals surface area contributed by atoms with Crippen molar-refractivity contribution in [1.82, 2.24) is 10.3 Å². The van der Waals surface area contributed by atoms with Crippen molar-refractivity contribution in [3.8, 4) is 5.69 Å². The molecule has 3 heterocycles. The summed E-state index contributed by atoms with van der Waals surface area (Å²) in [6.07, 6.45) is 1.95. The van der Waals surface area contributed by atoms with Gasteiger partial charge in [0, 0.05) is 17.5 Å². The van der Waals surface area contributed by atoms with Crippen molar-refractivity contribution in [1.29, 1.82) is 0 Å². The van der Waals surface area contributed by atoms with Crippen LogP contribution in [0.4, 0.5) is 5.69 Å². The number of aryl methyl sites for hydroxylation is 1. The molecule has 0 aliphatic rings. The fraction of sp³-hybridized carbons (Fsp3) is 0.143. The van der Waals surface area contributed by atoms with Crippen molar-refractivity contribution in [2.45, 2.75) is 20.8 Å². The number of rotatable bonds is 4. The summed E-state index contributed by atoms with van der Waals surface area (Å²) in [7, 11) is 0. The van der Waals surface area contributed by atoms with Crippen molar-refractivity contribution in [2.24, 2.45) is 0 Å². The Hall–Kier alpha value is -3.52. The molecule has 1 aromatic carbocycles. The van der Waals surface area contributed by atoms with E-state index in [1.807, 2.05) is 51.1 Å². The summed E-state index contributed by atoms with van der Waals surface area (Å²) in [6.45, 7) is 5.92. The van der Waals surface area contributed by atoms with Crippen molar-refractivity contribution in [3.63, 3.8) is 0 Å². The molecule has 146 valence electrons. The molecule has 29 heavy (non-hydrogen) atoms. The van der Waals surface area contributed by atoms with Crippen LogP contribution in [0.1, 0.15) is 40.5 Å². The fourth-order valence-corrected chi connectivity index (χ4v) is 4.05. The first-order valence-corrected chi connectivity index (χ1v) is 9.76. The predicted octanol–water partition coefficient (Wildman–Crippen LogP) is 3.40. The molecule has 0 radical (unpaired) electrons. The van der Waals surface area contributed by atoms with Gasteiger partial charge in [0.2, 0.25) is 5.69 Å². The van der Waals surface area contributed by atoms with Crippen molar-refractivity contribution >= 4 is 39.1 Å². The van der Waals surface area contributed by atoms with E-state index in [0.29, 0.717) is 21.6 Å². The van der Waals surface area contributed by atoms with E-state index in [0.717, 1.165) is 28.2 Å². The Labute approximate surface area is 170 Å². The molecule has 0 bridgehead atoms. The zero-order chi connectivity index (χ0) is 20.7. The number of H-pyrrole nitrogens is 1. The van der Waals surface area contributed by atoms with Gasteiger partial charge in [-0.25, -0.2) is 9.78 Å². The van der Waals surface area contributed by atoms with Gasteiger partial charge in [-0.1, -0.05) is 23.3 Å². The van der Waals surface area contributed by atoms with E-state index in [4.69, 9.17) is 10.3 Å². The molecule has 0 saturated carbocycles. The minimum absolute atomic E-state index is 0.142. The number of anilines is 1. The molecule has 0 fully saturated rings. The van der Waals surface area contributed by atoms with E-state index in [1.165, 1.54) is 4.68 Å². The number of aromatic nitrogens is 3. The number of nitrogens with two attached hydrogens (primary N) is 1. The van der Waals surface area contributed by atoms with Crippen LogP contribution in [0.2, 0.25) is 0 Å². The lowest BCUT2D eigenvalue weighted by Gasteiger charge is -1.96. The number of pyridine rings is 1. The van der Waals surface area contributed by atoms with E-state index >= 15 is 0 Å². The Morgan fingerprint density at radius 3 is 2.62 bits per heavy atom. The molecular formula is C21H19N4O3S+. The average molecular weight is 407 g/mol. The number of hydrogen-bond acceptors (Lipinski definition) is 6. The van der Waals surface area contributed by atoms with Crippen LogP contribution in [-0.2, 0) is 0 Å². The molecule has 0 unspecified atom stereocenters. The normalized spacial score (nSPS) is 11.0. The number of fused-ring (bicyclic) bond motifs is 1. The number of nitrogens with one attached hydrogen (secondary N) is 1. The van der Waals surface area contributed by atoms with E-state index in [-0.39, 0.29) is 10.6 Å². The molecule has 0 spiro atoms. The molecule has 4 rings (SSSR count). The van der Waals surface area contributed by atoms with Crippen LogP contribution in [0.15, 0.2) is 51.3 Å². The zero-order valence-corrected chi connectivity index (χ0v) is 17.0. The second kappa shape index (κ2) is 7.14. The highest BCUT2D eigenvalue weighted by molar-refractivity contribution is 7.21. The van der Waals surface area contributed by atoms with Gasteiger partial charge in [-0.2, -0.15) is 0 Å². The number of hydrogen-bond donors (Lipinski definition) is 2. The summed E-state index contributed by atoms with van der Waals surface area (Å²) >= 11 is 1.16. The maximum absolute atomic E-state index is 13.2. The van der Waals surface area contributed by atoms with E-state index in [9.17, 15) is 9.59 Å². The van der Waals surface area contributed by atoms with Gasteiger partial charge in [-0.3, -0.25) is 9.32 Å². The van der Waals surface area contributed by atoms with Crippen molar-refractivity contribution in [2.75, 3.05) is 5.73 Å². The van der Waals surface area contributed by atoms with Crippen LogP contribution in [0.3, 0.4) is 0 Å². The van der Waals surface area contributed by atoms with Crippen molar-refractivity contribution in [3.05, 3.63) is 74.2 Å². The molecule has 3 N–H and O–H groups in total. The van der Waals surface area contributed by atoms with Gasteiger partial charge in [0.05, 0.1) is 11.4 Å². The molecule has 0 saturated heterocycles. The molecule has 0 aliphatic heterocycles. The maximum atomic E-state index is 13.2. The smallest absolute Gasteiger partial charge is 0.397 e. The monoisotopic (exact) mass is 407 g/mol. The van der Waals surface area contributed by atoms with Gasteiger partial charge in [0.1, 0.15) is 9.71 Å². The third-order valence-corrected chi connectivity index (χ3v) is 5.53. The second-order valence-electron chi connectivity index (χ2n) is 6.98. The Bertz CT molecular complexity index is 1320. The zero-order valence-electron chi connectivity index (χ0n) is 16.1. The molecule has 4 aromatic rings. The second-order valence-corrected chi connectivity index (χ2v) is 7.98. The molecule has 8 heteroatoms. The number of benzene rings is 1. The summed E-state index contributed by atoms with van der Waals surface area (Å²) in [4.78, 5) is 31.0. The Kier molecular flexibility index (Phi) is 4.63. The lowest BCUT2D eigenvalue weighted by Crippen LogP contribution is -2.41. The van der Waals surface area contributed by atoms with E-state index in [1.54, 1.807) is 12.1 Å². The summed E-state index contributed by atoms with van der Waals surface area (Å²) in [5, 5.41) is 3.18. The van der Waals surface area contributed by atoms with Gasteiger partial charge in [-0.15, -0.1) is 11.3 Å². The molecule has 3 aromatic heterocycles. The third-order valence-electron chi connectivity index (χ3n) is 4.41. The maximum Gasteiger partial charge on any atom is 0.439 e. The van der Waals surface area contributed by atoms with E-state index in [2.05, 4.69) is 10.3 Å². The predicted molar refractivity (Wildman–Crippen MR) is 112 cm³/mol. The van der Waals surface area contributed by atoms with Crippen LogP contribution in [-0.4, -0.2) is 16.0 Å². The topological polar surface area (TPSA) is 106 Å². The third kappa shape index (κ3) is 3.38. The number of carbonyl (C=O) groups is 1. The summed E-state index contributed by atoms with van der Waals surface area (Å²) in [5.41, 5.74) is 9.20. The Morgan fingerprint density at radius 1 is 1.21 bits per heavy atom. The van der Waals surface area contributed by atoms with Gasteiger partial charge < -0.3 is 5.73 Å². The molecule has 0 aliphatic carbocycles. The minimum Gasteiger partial charge on any atom is -0.397 e. The number of aromatic amines is 1. The molecule has 0 amide bonds. The van der Waals surface area contributed by atoms with Crippen LogP contribution in [0.25, 0.3) is 22.0 Å². The summed E-state index contributed by atoms with van der Waals surface area (Å²) in [6, 6.07) is 11.0. The highest BCUT2D eigenvalue weighted by Gasteiger charge is 2.34. The number of carbonyl (C=O) groups excluding carboxylic acids is 1. The standard InChI is InChI=1S/C21H18N4O3S/c1-11(2)10-13-6-9-15-16(22)19(29-20(15)23-13)18(26)17-21(27)28-24-25(17)14-7-4-12(3)5-8-14/h4-10H,1-3H3,(H2-,22,24,26,27)/p+1. The van der Waals surface area contributed by atoms with Crippen LogP contribution >= 0.6 is 11.3 Å². The Morgan fingerprint density at radius 2 is 1.93 bits per heavy atom. The van der Waals surface area contributed by atoms with Gasteiger partial charge in [-0.05, 0) is 48.9 Å². The number of ketones is 1. The Balaban J connectivity index is 1.83. The number of nitrogen functional groups attached to an aromatic ring is 1. The average Bonchev–Trinajstić information content (AvgIpc) is 3.21. The summed E-state index contributed by atoms with van der Waals surface area (Å²) in [5.74, 6) is -0.509. The van der Waals surface area contributed by atoms with Crippen molar-refractivity contribution < 1.29 is 14.0 Å². The van der Waals surface area contributed by atoms with Crippen LogP contribution in [0.5, 0.6) is 0 Å². The highest BCUT2D eigenvalue weighted by atomic mass is 32.1. The molecular weight excluding hydrogens is 388 g/mol. The van der Waals surface area contributed by atoms with Crippen LogP contribution in [0, 0.1) is 6.92 Å². The fourth-order valence-electron chi connectivity index (χ4n) is 3.01. The van der Waals surface area contributed by atoms with Crippen LogP contribution < -0.4 is 16.0 Å². The number of nitrogens with zero attached hydrogens (tertiary/aromatic N) is 2. The van der Waals surface area contributed by atoms with E-state index < -0.39 is 11.4 Å². The quantitative estimate of drug-likeness (QED) is 0.398. The van der Waals surface area contributed by atoms with Gasteiger partial charge in [0.15, 0.2) is 0 Å². The first kappa shape index (κ1) is 18.8. The largest absolute Gasteiger partial charge is 0.439 e. The lowest BCUT2D eigenvalue weighted by molar-refractivity contribution is -0.672. The van der Waals surface area contributed by atoms with Gasteiger partial charge >= 0.3 is 11.3 Å². The highest BCUT2D eigenvalue weighted by Crippen LogP contribution is 2.33. The molecule has 0 atom stereocenters. The minimum atomic E-state index is -0.759. The molecule has 7 nitrogen and oxygen atoms in total. The number of thiophene rings is 1.